The topological polar surface area (TPSA) is 42.2 Å². The average molecular weight is 276 g/mol. The van der Waals surface area contributed by atoms with Crippen LogP contribution in [-0.4, -0.2) is 29.0 Å². The summed E-state index contributed by atoms with van der Waals surface area (Å²) in [6, 6.07) is 0.351. The van der Waals surface area contributed by atoms with Gasteiger partial charge in [-0.3, -0.25) is 4.90 Å². The molecule has 0 amide bonds. The van der Waals surface area contributed by atoms with Crippen LogP contribution in [0.25, 0.3) is 0 Å². The fourth-order valence-corrected chi connectivity index (χ4v) is 2.95. The lowest BCUT2D eigenvalue weighted by atomic mass is 9.91. The molecule has 1 saturated heterocycles. The predicted molar refractivity (Wildman–Crippen MR) is 75.7 cm³/mol. The van der Waals surface area contributed by atoms with Gasteiger partial charge >= 0.3 is 0 Å². The number of aryl methyl sites for hydroxylation is 1. The largest absolute Gasteiger partial charge is 0.328 e. The quantitative estimate of drug-likeness (QED) is 0.921. The molecule has 2 rings (SSSR count). The van der Waals surface area contributed by atoms with Crippen molar-refractivity contribution in [3.05, 3.63) is 16.1 Å². The molecule has 1 aromatic rings. The van der Waals surface area contributed by atoms with Crippen molar-refractivity contribution in [2.24, 2.45) is 11.7 Å². The summed E-state index contributed by atoms with van der Waals surface area (Å²) in [5, 5.41) is 3.34. The smallest absolute Gasteiger partial charge is 0.0897 e. The molecule has 0 aliphatic carbocycles. The number of nitrogens with zero attached hydrogens (tertiary/aromatic N) is 2. The van der Waals surface area contributed by atoms with E-state index in [0.717, 1.165) is 6.54 Å². The van der Waals surface area contributed by atoms with E-state index < -0.39 is 0 Å². The number of thiazole rings is 1. The second-order valence-corrected chi connectivity index (χ2v) is 5.89. The number of nitrogens with two attached hydrogens (primary N) is 1. The van der Waals surface area contributed by atoms with E-state index in [1.54, 1.807) is 11.3 Å². The van der Waals surface area contributed by atoms with Gasteiger partial charge in [0.25, 0.3) is 0 Å². The van der Waals surface area contributed by atoms with Crippen LogP contribution in [0.4, 0.5) is 0 Å². The molecule has 1 aliphatic heterocycles. The second-order valence-electron chi connectivity index (χ2n) is 4.83. The van der Waals surface area contributed by atoms with Crippen molar-refractivity contribution >= 4 is 23.7 Å². The summed E-state index contributed by atoms with van der Waals surface area (Å²) in [7, 11) is 0. The molecule has 0 aromatic carbocycles. The number of likely N-dealkylation sites (tertiary alicyclic amines) is 1. The van der Waals surface area contributed by atoms with Gasteiger partial charge in [-0.05, 0) is 45.7 Å². The zero-order chi connectivity index (χ0) is 11.5. The van der Waals surface area contributed by atoms with Crippen LogP contribution < -0.4 is 5.73 Å². The van der Waals surface area contributed by atoms with Gasteiger partial charge in [-0.2, -0.15) is 0 Å². The highest BCUT2D eigenvalue weighted by atomic mass is 35.5. The highest BCUT2D eigenvalue weighted by Crippen LogP contribution is 2.21. The Kier molecular flexibility index (Phi) is 5.86. The molecule has 0 bridgehead atoms. The van der Waals surface area contributed by atoms with Crippen molar-refractivity contribution in [1.82, 2.24) is 9.88 Å². The first-order chi connectivity index (χ1) is 7.65. The first-order valence-corrected chi connectivity index (χ1v) is 6.92. The molecular weight excluding hydrogens is 254 g/mol. The minimum absolute atomic E-state index is 0. The van der Waals surface area contributed by atoms with E-state index in [2.05, 4.69) is 29.1 Å². The Bertz CT molecular complexity index is 332. The van der Waals surface area contributed by atoms with Gasteiger partial charge in [-0.25, -0.2) is 4.98 Å². The van der Waals surface area contributed by atoms with Gasteiger partial charge in [0.15, 0.2) is 0 Å². The first kappa shape index (κ1) is 14.9. The Balaban J connectivity index is 0.00000144. The summed E-state index contributed by atoms with van der Waals surface area (Å²) in [6.07, 6.45) is 2.47. The maximum Gasteiger partial charge on any atom is 0.0897 e. The molecule has 0 radical (unpaired) electrons. The lowest BCUT2D eigenvalue weighted by Crippen LogP contribution is -2.39. The van der Waals surface area contributed by atoms with Crippen LogP contribution in [-0.2, 0) is 6.54 Å². The Labute approximate surface area is 114 Å². The summed E-state index contributed by atoms with van der Waals surface area (Å²) < 4.78 is 0. The molecule has 1 aliphatic rings. The van der Waals surface area contributed by atoms with E-state index in [9.17, 15) is 0 Å². The average Bonchev–Trinajstić information content (AvgIpc) is 2.65. The first-order valence-electron chi connectivity index (χ1n) is 6.04. The van der Waals surface area contributed by atoms with Gasteiger partial charge in [-0.15, -0.1) is 23.7 Å². The van der Waals surface area contributed by atoms with Crippen LogP contribution in [0.3, 0.4) is 0 Å². The van der Waals surface area contributed by atoms with E-state index in [1.807, 2.05) is 0 Å². The van der Waals surface area contributed by atoms with Crippen molar-refractivity contribution in [3.63, 3.8) is 0 Å². The second kappa shape index (κ2) is 6.69. The number of rotatable bonds is 3. The molecule has 0 saturated carbocycles. The number of piperidine rings is 1. The van der Waals surface area contributed by atoms with Crippen molar-refractivity contribution in [1.29, 1.82) is 0 Å². The molecular formula is C12H22ClN3S. The van der Waals surface area contributed by atoms with Crippen LogP contribution in [0.1, 0.15) is 30.5 Å². The van der Waals surface area contributed by atoms with Gasteiger partial charge < -0.3 is 5.73 Å². The van der Waals surface area contributed by atoms with Crippen LogP contribution in [0, 0.1) is 12.8 Å². The number of aromatic nitrogens is 1. The lowest BCUT2D eigenvalue weighted by molar-refractivity contribution is 0.164. The van der Waals surface area contributed by atoms with Crippen LogP contribution >= 0.6 is 23.7 Å². The van der Waals surface area contributed by atoms with Gasteiger partial charge in [0.1, 0.15) is 0 Å². The van der Waals surface area contributed by atoms with E-state index in [0.29, 0.717) is 12.0 Å². The maximum absolute atomic E-state index is 5.94. The van der Waals surface area contributed by atoms with Crippen LogP contribution in [0.2, 0.25) is 0 Å². The van der Waals surface area contributed by atoms with Crippen molar-refractivity contribution < 1.29 is 0 Å². The van der Waals surface area contributed by atoms with Gasteiger partial charge in [0.05, 0.1) is 10.7 Å². The highest BCUT2D eigenvalue weighted by Gasteiger charge is 2.22. The third kappa shape index (κ3) is 4.21. The highest BCUT2D eigenvalue weighted by molar-refractivity contribution is 7.09. The summed E-state index contributed by atoms with van der Waals surface area (Å²) in [4.78, 5) is 7.00. The summed E-state index contributed by atoms with van der Waals surface area (Å²) in [6.45, 7) is 7.54. The molecule has 17 heavy (non-hydrogen) atoms. The summed E-state index contributed by atoms with van der Waals surface area (Å²) in [5.74, 6) is 0.716. The Morgan fingerprint density at radius 3 is 2.65 bits per heavy atom. The molecule has 98 valence electrons. The molecule has 1 unspecified atom stereocenters. The SMILES string of the molecule is Cc1nc(CN2CCC(C(C)N)CC2)cs1.Cl. The van der Waals surface area contributed by atoms with Crippen molar-refractivity contribution in [2.75, 3.05) is 13.1 Å². The minimum Gasteiger partial charge on any atom is -0.328 e. The maximum atomic E-state index is 5.94. The molecule has 1 aromatic heterocycles. The Morgan fingerprint density at radius 2 is 2.18 bits per heavy atom. The third-order valence-electron chi connectivity index (χ3n) is 3.43. The van der Waals surface area contributed by atoms with E-state index in [1.165, 1.54) is 36.6 Å². The van der Waals surface area contributed by atoms with Crippen LogP contribution in [0.5, 0.6) is 0 Å². The Morgan fingerprint density at radius 1 is 1.53 bits per heavy atom. The monoisotopic (exact) mass is 275 g/mol. The predicted octanol–water partition coefficient (Wildman–Crippen LogP) is 2.43. The molecule has 1 fully saturated rings. The standard InChI is InChI=1S/C12H21N3S.ClH/c1-9(13)11-3-5-15(6-4-11)7-12-8-16-10(2)14-12;/h8-9,11H,3-7,13H2,1-2H3;1H. The lowest BCUT2D eigenvalue weighted by Gasteiger charge is -2.33. The molecule has 2 heterocycles. The summed E-state index contributed by atoms with van der Waals surface area (Å²) >= 11 is 1.74. The Hall–Kier alpha value is -0.160. The zero-order valence-electron chi connectivity index (χ0n) is 10.6. The van der Waals surface area contributed by atoms with Gasteiger partial charge in [0.2, 0.25) is 0 Å². The van der Waals surface area contributed by atoms with E-state index in [-0.39, 0.29) is 12.4 Å². The summed E-state index contributed by atoms with van der Waals surface area (Å²) in [5.41, 5.74) is 7.16. The van der Waals surface area contributed by atoms with Crippen molar-refractivity contribution in [3.8, 4) is 0 Å². The molecule has 1 atom stereocenters. The molecule has 3 nitrogen and oxygen atoms in total. The minimum atomic E-state index is 0. The zero-order valence-corrected chi connectivity index (χ0v) is 12.2. The number of hydrogen-bond acceptors (Lipinski definition) is 4. The van der Waals surface area contributed by atoms with Crippen molar-refractivity contribution in [2.45, 2.75) is 39.3 Å². The van der Waals surface area contributed by atoms with Crippen LogP contribution in [0.15, 0.2) is 5.38 Å². The fraction of sp³-hybridized carbons (Fsp3) is 0.750. The molecule has 0 spiro atoms. The molecule has 2 N–H and O–H groups in total. The van der Waals surface area contributed by atoms with E-state index in [4.69, 9.17) is 5.73 Å². The fourth-order valence-electron chi connectivity index (χ4n) is 2.35. The molecule has 5 heteroatoms. The van der Waals surface area contributed by atoms with Gasteiger partial charge in [-0.1, -0.05) is 0 Å². The van der Waals surface area contributed by atoms with E-state index >= 15 is 0 Å². The third-order valence-corrected chi connectivity index (χ3v) is 4.25. The number of hydrogen-bond donors (Lipinski definition) is 1. The van der Waals surface area contributed by atoms with Gasteiger partial charge in [0, 0.05) is 18.0 Å². The normalized spacial score (nSPS) is 19.9. The number of halogens is 1.